The van der Waals surface area contributed by atoms with Crippen molar-refractivity contribution in [2.45, 2.75) is 31.7 Å². The average molecular weight is 549 g/mol. The SMILES string of the molecule is COCC1=C2[C@@H](CC/C(=C/c3ccc(O)cc3)c3ccccn3)OB(O)C[C@@H]2[C@@H]2C(=O)c3ccccc3C(=O)[C@@H]2C1. The number of hydrogen-bond acceptors (Lipinski definition) is 7. The number of aromatic nitrogens is 1. The monoisotopic (exact) mass is 549 g/mol. The summed E-state index contributed by atoms with van der Waals surface area (Å²) >= 11 is 0. The second kappa shape index (κ2) is 11.6. The maximum Gasteiger partial charge on any atom is 0.455 e. The Kier molecular flexibility index (Phi) is 7.71. The van der Waals surface area contributed by atoms with E-state index in [4.69, 9.17) is 9.39 Å². The predicted molar refractivity (Wildman–Crippen MR) is 156 cm³/mol. The van der Waals surface area contributed by atoms with Crippen molar-refractivity contribution >= 4 is 30.3 Å². The Balaban J connectivity index is 1.35. The van der Waals surface area contributed by atoms with Crippen LogP contribution in [0.2, 0.25) is 6.32 Å². The van der Waals surface area contributed by atoms with E-state index in [-0.39, 0.29) is 29.6 Å². The lowest BCUT2D eigenvalue weighted by Crippen LogP contribution is -2.51. The second-order valence-electron chi connectivity index (χ2n) is 11.0. The molecule has 3 aromatic rings. The minimum atomic E-state index is -1.05. The molecular weight excluding hydrogens is 517 g/mol. The molecule has 8 heteroatoms. The summed E-state index contributed by atoms with van der Waals surface area (Å²) in [4.78, 5) is 32.0. The minimum absolute atomic E-state index is 0.00958. The number of ketones is 2. The predicted octanol–water partition coefficient (Wildman–Crippen LogP) is 5.26. The van der Waals surface area contributed by atoms with Crippen molar-refractivity contribution in [2.24, 2.45) is 17.8 Å². The highest BCUT2D eigenvalue weighted by Crippen LogP contribution is 2.51. The topological polar surface area (TPSA) is 106 Å². The molecule has 0 radical (unpaired) electrons. The Bertz CT molecular complexity index is 1520. The van der Waals surface area contributed by atoms with Crippen LogP contribution in [0.4, 0.5) is 0 Å². The quantitative estimate of drug-likeness (QED) is 0.306. The number of benzene rings is 2. The van der Waals surface area contributed by atoms with E-state index in [0.29, 0.717) is 37.0 Å². The van der Waals surface area contributed by atoms with Gasteiger partial charge in [-0.25, -0.2) is 0 Å². The molecule has 2 heterocycles. The summed E-state index contributed by atoms with van der Waals surface area (Å²) in [6.07, 6.45) is 5.19. The Hall–Kier alpha value is -3.85. The highest BCUT2D eigenvalue weighted by Gasteiger charge is 2.53. The van der Waals surface area contributed by atoms with Crippen LogP contribution in [0.1, 0.15) is 51.2 Å². The number of phenolic OH excluding ortho intramolecular Hbond substituents is 1. The van der Waals surface area contributed by atoms with Crippen molar-refractivity contribution in [1.29, 1.82) is 0 Å². The van der Waals surface area contributed by atoms with E-state index in [1.54, 1.807) is 49.7 Å². The fraction of sp³-hybridized carbons (Fsp3) is 0.303. The maximum absolute atomic E-state index is 13.8. The average Bonchev–Trinajstić information content (AvgIpc) is 2.99. The lowest BCUT2D eigenvalue weighted by Gasteiger charge is -2.47. The molecule has 0 bridgehead atoms. The van der Waals surface area contributed by atoms with Crippen molar-refractivity contribution in [1.82, 2.24) is 4.98 Å². The first-order valence-corrected chi connectivity index (χ1v) is 14.1. The van der Waals surface area contributed by atoms with Crippen molar-refractivity contribution in [3.05, 3.63) is 106 Å². The van der Waals surface area contributed by atoms with Crippen molar-refractivity contribution < 1.29 is 29.1 Å². The largest absolute Gasteiger partial charge is 0.508 e. The Morgan fingerprint density at radius 3 is 2.46 bits per heavy atom. The first kappa shape index (κ1) is 27.3. The highest BCUT2D eigenvalue weighted by atomic mass is 16.5. The van der Waals surface area contributed by atoms with Crippen molar-refractivity contribution in [2.75, 3.05) is 13.7 Å². The van der Waals surface area contributed by atoms with Crippen LogP contribution < -0.4 is 0 Å². The standard InChI is InChI=1S/C33H32BNO6/c1-40-19-22-17-26-31(33(38)25-7-3-2-6-24(25)32(26)37)27-18-34(39)41-29(30(22)27)14-11-21(28-8-4-5-15-35-28)16-20-9-12-23(36)13-10-20/h2-10,12-13,15-16,26-27,29,31,36,39H,11,14,17-19H2,1H3/b21-16-/t26-,27+,29-,31-/m1/s1. The molecule has 6 rings (SSSR count). The van der Waals surface area contributed by atoms with Gasteiger partial charge in [-0.15, -0.1) is 0 Å². The van der Waals surface area contributed by atoms with Gasteiger partial charge >= 0.3 is 7.12 Å². The first-order valence-electron chi connectivity index (χ1n) is 14.1. The van der Waals surface area contributed by atoms with Gasteiger partial charge in [0, 0.05) is 36.3 Å². The molecule has 1 aliphatic heterocycles. The number of carbonyl (C=O) groups is 2. The fourth-order valence-electron chi connectivity index (χ4n) is 6.86. The summed E-state index contributed by atoms with van der Waals surface area (Å²) in [6.45, 7) is 0.338. The molecular formula is C33H32BNO6. The molecule has 2 aliphatic carbocycles. The van der Waals surface area contributed by atoms with Gasteiger partial charge in [0.25, 0.3) is 0 Å². The van der Waals surface area contributed by atoms with Gasteiger partial charge in [-0.1, -0.05) is 42.5 Å². The molecule has 7 nitrogen and oxygen atoms in total. The van der Waals surface area contributed by atoms with Crippen molar-refractivity contribution in [3.8, 4) is 5.75 Å². The van der Waals surface area contributed by atoms with Crippen molar-refractivity contribution in [3.63, 3.8) is 0 Å². The van der Waals surface area contributed by atoms with E-state index in [2.05, 4.69) is 4.98 Å². The zero-order valence-electron chi connectivity index (χ0n) is 22.9. The number of carbonyl (C=O) groups excluding carboxylic acids is 2. The Morgan fingerprint density at radius 2 is 1.76 bits per heavy atom. The van der Waals surface area contributed by atoms with E-state index in [1.165, 1.54) is 0 Å². The van der Waals surface area contributed by atoms with Crippen LogP contribution >= 0.6 is 0 Å². The summed E-state index contributed by atoms with van der Waals surface area (Å²) in [5.74, 6) is -1.15. The molecule has 1 fully saturated rings. The number of hydrogen-bond donors (Lipinski definition) is 2. The van der Waals surface area contributed by atoms with Gasteiger partial charge in [0.15, 0.2) is 11.6 Å². The number of phenols is 1. The number of rotatable bonds is 7. The van der Waals surface area contributed by atoms with E-state index in [9.17, 15) is 19.7 Å². The summed E-state index contributed by atoms with van der Waals surface area (Å²) < 4.78 is 11.7. The molecule has 3 aliphatic rings. The lowest BCUT2D eigenvalue weighted by molar-refractivity contribution is 0.0585. The molecule has 0 unspecified atom stereocenters. The van der Waals surface area contributed by atoms with Crippen LogP contribution in [-0.4, -0.2) is 53.6 Å². The van der Waals surface area contributed by atoms with Crippen LogP contribution in [-0.2, 0) is 9.39 Å². The zero-order valence-corrected chi connectivity index (χ0v) is 22.9. The van der Waals surface area contributed by atoms with Gasteiger partial charge < -0.3 is 19.5 Å². The number of allylic oxidation sites excluding steroid dienone is 1. The molecule has 41 heavy (non-hydrogen) atoms. The maximum atomic E-state index is 13.8. The smallest absolute Gasteiger partial charge is 0.455 e. The van der Waals surface area contributed by atoms with Gasteiger partial charge in [-0.2, -0.15) is 0 Å². The third-order valence-electron chi connectivity index (χ3n) is 8.58. The molecule has 1 saturated heterocycles. The van der Waals surface area contributed by atoms with E-state index in [1.807, 2.05) is 36.4 Å². The van der Waals surface area contributed by atoms with Crippen LogP contribution in [0.25, 0.3) is 11.6 Å². The molecule has 0 amide bonds. The number of methoxy groups -OCH3 is 1. The third-order valence-corrected chi connectivity index (χ3v) is 8.58. The van der Waals surface area contributed by atoms with Gasteiger partial charge in [0.2, 0.25) is 0 Å². The third kappa shape index (κ3) is 5.31. The Morgan fingerprint density at radius 1 is 1.02 bits per heavy atom. The summed E-state index contributed by atoms with van der Waals surface area (Å²) in [5.41, 5.74) is 5.67. The van der Waals surface area contributed by atoms with Crippen LogP contribution in [0.15, 0.2) is 84.1 Å². The van der Waals surface area contributed by atoms with Crippen LogP contribution in [0, 0.1) is 17.8 Å². The molecule has 1 aromatic heterocycles. The zero-order chi connectivity index (χ0) is 28.5. The Labute approximate surface area is 239 Å². The number of nitrogens with zero attached hydrogens (tertiary/aromatic N) is 1. The number of ether oxygens (including phenoxy) is 1. The van der Waals surface area contributed by atoms with Gasteiger partial charge in [0.05, 0.1) is 18.4 Å². The molecule has 0 saturated carbocycles. The minimum Gasteiger partial charge on any atom is -0.508 e. The second-order valence-corrected chi connectivity index (χ2v) is 11.0. The van der Waals surface area contributed by atoms with E-state index >= 15 is 0 Å². The first-order chi connectivity index (χ1) is 19.9. The van der Waals surface area contributed by atoms with Gasteiger partial charge in [-0.3, -0.25) is 14.6 Å². The fourth-order valence-corrected chi connectivity index (χ4v) is 6.86. The number of fused-ring (bicyclic) bond motifs is 4. The number of aromatic hydroxyl groups is 1. The van der Waals surface area contributed by atoms with Crippen LogP contribution in [0.3, 0.4) is 0 Å². The van der Waals surface area contributed by atoms with E-state index in [0.717, 1.165) is 28.0 Å². The summed E-state index contributed by atoms with van der Waals surface area (Å²) in [6, 6.07) is 19.8. The summed E-state index contributed by atoms with van der Waals surface area (Å²) in [7, 11) is 0.584. The van der Waals surface area contributed by atoms with Gasteiger partial charge in [-0.05, 0) is 84.1 Å². The molecule has 2 aromatic carbocycles. The van der Waals surface area contributed by atoms with Crippen LogP contribution in [0.5, 0.6) is 5.75 Å². The molecule has 2 N–H and O–H groups in total. The highest BCUT2D eigenvalue weighted by molar-refractivity contribution is 6.43. The molecule has 0 spiro atoms. The number of pyridine rings is 1. The van der Waals surface area contributed by atoms with Gasteiger partial charge in [0.1, 0.15) is 5.75 Å². The summed E-state index contributed by atoms with van der Waals surface area (Å²) in [5, 5.41) is 20.6. The lowest BCUT2D eigenvalue weighted by atomic mass is 9.54. The molecule has 4 atom stereocenters. The van der Waals surface area contributed by atoms with E-state index < -0.39 is 25.1 Å². The molecule has 208 valence electrons. The number of Topliss-reactive ketones (excluding diaryl/α,β-unsaturated/α-hetero) is 2. The normalized spacial score (nSPS) is 24.1.